The smallest absolute Gasteiger partial charge is 0.165 e. The summed E-state index contributed by atoms with van der Waals surface area (Å²) < 4.78 is 11.1. The maximum Gasteiger partial charge on any atom is 0.165 e. The fourth-order valence-corrected chi connectivity index (χ4v) is 2.68. The van der Waals surface area contributed by atoms with Crippen LogP contribution in [0.1, 0.15) is 19.8 Å². The molecule has 0 saturated carbocycles. The molecule has 0 aromatic heterocycles. The van der Waals surface area contributed by atoms with E-state index in [0.29, 0.717) is 0 Å². The summed E-state index contributed by atoms with van der Waals surface area (Å²) in [5.74, 6) is 0.795. The van der Waals surface area contributed by atoms with E-state index in [0.717, 1.165) is 31.8 Å². The van der Waals surface area contributed by atoms with Crippen molar-refractivity contribution < 1.29 is 9.47 Å². The van der Waals surface area contributed by atoms with Crippen LogP contribution in [0.3, 0.4) is 0 Å². The Balaban J connectivity index is 1.65. The Morgan fingerprint density at radius 2 is 1.88 bits per heavy atom. The van der Waals surface area contributed by atoms with Crippen LogP contribution in [0.4, 0.5) is 0 Å². The van der Waals surface area contributed by atoms with Gasteiger partial charge in [0.25, 0.3) is 0 Å². The summed E-state index contributed by atoms with van der Waals surface area (Å²) in [6.45, 7) is 3.51. The zero-order valence-corrected chi connectivity index (χ0v) is 10.5. The van der Waals surface area contributed by atoms with Crippen LogP contribution < -0.4 is 0 Å². The monoisotopic (exact) mass is 238 g/mol. The van der Waals surface area contributed by atoms with Crippen molar-refractivity contribution in [1.29, 1.82) is 0 Å². The predicted molar refractivity (Wildman–Crippen MR) is 66.7 cm³/mol. The molecule has 0 amide bonds. The molecule has 0 N–H and O–H groups in total. The van der Waals surface area contributed by atoms with Gasteiger partial charge in [0.1, 0.15) is 0 Å². The fourth-order valence-electron chi connectivity index (χ4n) is 1.80. The molecule has 0 radical (unpaired) electrons. The van der Waals surface area contributed by atoms with Crippen molar-refractivity contribution in [2.24, 2.45) is 0 Å². The lowest BCUT2D eigenvalue weighted by Crippen LogP contribution is -2.25. The van der Waals surface area contributed by atoms with Crippen molar-refractivity contribution in [3.63, 3.8) is 0 Å². The Morgan fingerprint density at radius 3 is 2.56 bits per heavy atom. The minimum atomic E-state index is -0.322. The largest absolute Gasteiger partial charge is 0.348 e. The second-order valence-electron chi connectivity index (χ2n) is 4.10. The molecule has 16 heavy (non-hydrogen) atoms. The van der Waals surface area contributed by atoms with Crippen LogP contribution in [0.2, 0.25) is 0 Å². The van der Waals surface area contributed by atoms with Gasteiger partial charge in [-0.25, -0.2) is 0 Å². The Bertz CT molecular complexity index is 307. The van der Waals surface area contributed by atoms with Gasteiger partial charge < -0.3 is 9.47 Å². The van der Waals surface area contributed by atoms with Gasteiger partial charge in [-0.1, -0.05) is 18.2 Å². The van der Waals surface area contributed by atoms with Gasteiger partial charge in [0.15, 0.2) is 5.79 Å². The van der Waals surface area contributed by atoms with E-state index in [9.17, 15) is 0 Å². The quantitative estimate of drug-likeness (QED) is 0.579. The van der Waals surface area contributed by atoms with E-state index in [-0.39, 0.29) is 5.79 Å². The van der Waals surface area contributed by atoms with Crippen LogP contribution >= 0.6 is 11.8 Å². The molecule has 0 bridgehead atoms. The van der Waals surface area contributed by atoms with Crippen molar-refractivity contribution in [3.05, 3.63) is 30.3 Å². The zero-order chi connectivity index (χ0) is 11.3. The summed E-state index contributed by atoms with van der Waals surface area (Å²) >= 11 is 1.89. The highest BCUT2D eigenvalue weighted by molar-refractivity contribution is 7.99. The highest BCUT2D eigenvalue weighted by atomic mass is 32.2. The van der Waals surface area contributed by atoms with Gasteiger partial charge in [-0.15, -0.1) is 11.8 Å². The SMILES string of the molecule is CC1(CCCSc2ccccc2)OCCO1. The first-order valence-corrected chi connectivity index (χ1v) is 6.73. The number of rotatable bonds is 5. The molecule has 0 unspecified atom stereocenters. The Hall–Kier alpha value is -0.510. The van der Waals surface area contributed by atoms with Gasteiger partial charge in [0.05, 0.1) is 13.2 Å². The first kappa shape index (κ1) is 12.0. The lowest BCUT2D eigenvalue weighted by Gasteiger charge is -2.21. The molecule has 1 saturated heterocycles. The van der Waals surface area contributed by atoms with E-state index in [2.05, 4.69) is 24.3 Å². The molecule has 1 aromatic rings. The second kappa shape index (κ2) is 5.71. The Kier molecular flexibility index (Phi) is 4.27. The minimum Gasteiger partial charge on any atom is -0.348 e. The van der Waals surface area contributed by atoms with E-state index in [1.165, 1.54) is 4.90 Å². The van der Waals surface area contributed by atoms with Crippen molar-refractivity contribution in [2.75, 3.05) is 19.0 Å². The molecule has 3 heteroatoms. The number of thioether (sulfide) groups is 1. The third-order valence-corrected chi connectivity index (χ3v) is 3.78. The summed E-state index contributed by atoms with van der Waals surface area (Å²) in [5, 5.41) is 0. The van der Waals surface area contributed by atoms with Crippen molar-refractivity contribution in [3.8, 4) is 0 Å². The lowest BCUT2D eigenvalue weighted by atomic mass is 10.2. The molecule has 1 heterocycles. The average molecular weight is 238 g/mol. The standard InChI is InChI=1S/C13H18O2S/c1-13(14-9-10-15-13)8-5-11-16-12-6-3-2-4-7-12/h2-4,6-7H,5,8-11H2,1H3. The number of hydrogen-bond acceptors (Lipinski definition) is 3. The van der Waals surface area contributed by atoms with Gasteiger partial charge in [0, 0.05) is 11.3 Å². The lowest BCUT2D eigenvalue weighted by molar-refractivity contribution is -0.146. The minimum absolute atomic E-state index is 0.322. The molecule has 0 spiro atoms. The molecule has 1 fully saturated rings. The van der Waals surface area contributed by atoms with Crippen LogP contribution in [0.25, 0.3) is 0 Å². The maximum atomic E-state index is 5.56. The molecule has 2 rings (SSSR count). The predicted octanol–water partition coefficient (Wildman–Crippen LogP) is 3.32. The first-order valence-electron chi connectivity index (χ1n) is 5.74. The van der Waals surface area contributed by atoms with Crippen molar-refractivity contribution >= 4 is 11.8 Å². The normalized spacial score (nSPS) is 18.8. The van der Waals surface area contributed by atoms with Crippen molar-refractivity contribution in [2.45, 2.75) is 30.4 Å². The van der Waals surface area contributed by atoms with Gasteiger partial charge in [0.2, 0.25) is 0 Å². The average Bonchev–Trinajstić information content (AvgIpc) is 2.74. The van der Waals surface area contributed by atoms with Gasteiger partial charge in [-0.2, -0.15) is 0 Å². The summed E-state index contributed by atoms with van der Waals surface area (Å²) in [6.07, 6.45) is 2.10. The summed E-state index contributed by atoms with van der Waals surface area (Å²) in [5.41, 5.74) is 0. The van der Waals surface area contributed by atoms with E-state index >= 15 is 0 Å². The number of benzene rings is 1. The van der Waals surface area contributed by atoms with Crippen LogP contribution in [0.15, 0.2) is 35.2 Å². The number of hydrogen-bond donors (Lipinski definition) is 0. The fraction of sp³-hybridized carbons (Fsp3) is 0.538. The maximum absolute atomic E-state index is 5.56. The molecule has 88 valence electrons. The summed E-state index contributed by atoms with van der Waals surface area (Å²) in [7, 11) is 0. The molecule has 0 aliphatic carbocycles. The van der Waals surface area contributed by atoms with Crippen LogP contribution in [-0.4, -0.2) is 24.8 Å². The molecule has 1 aliphatic rings. The van der Waals surface area contributed by atoms with Crippen LogP contribution in [0.5, 0.6) is 0 Å². The highest BCUT2D eigenvalue weighted by Crippen LogP contribution is 2.26. The molecular formula is C13H18O2S. The Labute approximate surface area is 101 Å². The summed E-state index contributed by atoms with van der Waals surface area (Å²) in [4.78, 5) is 1.33. The third-order valence-electron chi connectivity index (χ3n) is 2.69. The molecule has 1 aromatic carbocycles. The molecule has 0 atom stereocenters. The molecule has 1 aliphatic heterocycles. The first-order chi connectivity index (χ1) is 7.79. The highest BCUT2D eigenvalue weighted by Gasteiger charge is 2.29. The van der Waals surface area contributed by atoms with Gasteiger partial charge in [-0.3, -0.25) is 0 Å². The second-order valence-corrected chi connectivity index (χ2v) is 5.26. The molecular weight excluding hydrogens is 220 g/mol. The van der Waals surface area contributed by atoms with Gasteiger partial charge >= 0.3 is 0 Å². The van der Waals surface area contributed by atoms with Crippen molar-refractivity contribution in [1.82, 2.24) is 0 Å². The van der Waals surface area contributed by atoms with E-state index in [4.69, 9.17) is 9.47 Å². The zero-order valence-electron chi connectivity index (χ0n) is 9.65. The van der Waals surface area contributed by atoms with E-state index in [1.807, 2.05) is 24.8 Å². The Morgan fingerprint density at radius 1 is 1.19 bits per heavy atom. The summed E-state index contributed by atoms with van der Waals surface area (Å²) in [6, 6.07) is 10.5. The third kappa shape index (κ3) is 3.51. The van der Waals surface area contributed by atoms with Gasteiger partial charge in [-0.05, 0) is 31.2 Å². The molecule has 2 nitrogen and oxygen atoms in total. The number of ether oxygens (including phenoxy) is 2. The van der Waals surface area contributed by atoms with Crippen LogP contribution in [-0.2, 0) is 9.47 Å². The van der Waals surface area contributed by atoms with E-state index in [1.54, 1.807) is 0 Å². The van der Waals surface area contributed by atoms with Crippen LogP contribution in [0, 0.1) is 0 Å². The van der Waals surface area contributed by atoms with E-state index < -0.39 is 0 Å². The topological polar surface area (TPSA) is 18.5 Å².